The third kappa shape index (κ3) is 4.10. The number of rotatable bonds is 6. The summed E-state index contributed by atoms with van der Waals surface area (Å²) in [5.74, 6) is 0.236. The van der Waals surface area contributed by atoms with Gasteiger partial charge in [0.15, 0.2) is 6.61 Å². The minimum Gasteiger partial charge on any atom is -0.484 e. The van der Waals surface area contributed by atoms with E-state index in [1.807, 2.05) is 19.1 Å². The summed E-state index contributed by atoms with van der Waals surface area (Å²) < 4.78 is 10.6. The molecule has 1 amide bonds. The minimum atomic E-state index is -0.404. The smallest absolute Gasteiger partial charge is 0.336 e. The highest BCUT2D eigenvalue weighted by Gasteiger charge is 2.10. The van der Waals surface area contributed by atoms with Gasteiger partial charge in [0.2, 0.25) is 0 Å². The van der Waals surface area contributed by atoms with E-state index >= 15 is 0 Å². The lowest BCUT2D eigenvalue weighted by molar-refractivity contribution is -0.131. The van der Waals surface area contributed by atoms with Crippen molar-refractivity contribution in [3.05, 3.63) is 40.2 Å². The molecule has 6 heteroatoms. The molecular weight excluding hydrogens is 296 g/mol. The van der Waals surface area contributed by atoms with Crippen LogP contribution in [0.15, 0.2) is 33.5 Å². The van der Waals surface area contributed by atoms with E-state index in [-0.39, 0.29) is 18.9 Å². The van der Waals surface area contributed by atoms with Gasteiger partial charge in [-0.05, 0) is 24.1 Å². The van der Waals surface area contributed by atoms with Crippen molar-refractivity contribution in [2.75, 3.05) is 20.2 Å². The van der Waals surface area contributed by atoms with Gasteiger partial charge in [-0.1, -0.05) is 6.92 Å². The highest BCUT2D eigenvalue weighted by molar-refractivity contribution is 5.82. The van der Waals surface area contributed by atoms with Crippen molar-refractivity contribution < 1.29 is 13.9 Å². The van der Waals surface area contributed by atoms with E-state index in [1.54, 1.807) is 19.2 Å². The predicted octanol–water partition coefficient (Wildman–Crippen LogP) is 2.11. The normalized spacial score (nSPS) is 10.3. The number of hydrogen-bond acceptors (Lipinski definition) is 5. The Balaban J connectivity index is 2.11. The second-order valence-corrected chi connectivity index (χ2v) is 5.11. The molecule has 1 heterocycles. The zero-order valence-corrected chi connectivity index (χ0v) is 13.2. The Morgan fingerprint density at radius 3 is 2.87 bits per heavy atom. The SMILES string of the molecule is CCc1cc(=O)oc2cc(OCC(=O)N(C)CCC#N)ccc12. The lowest BCUT2D eigenvalue weighted by Crippen LogP contribution is -2.32. The first kappa shape index (κ1) is 16.6. The van der Waals surface area contributed by atoms with Crippen LogP contribution in [0.2, 0.25) is 0 Å². The van der Waals surface area contributed by atoms with Crippen molar-refractivity contribution in [3.8, 4) is 11.8 Å². The lowest BCUT2D eigenvalue weighted by Gasteiger charge is -2.15. The van der Waals surface area contributed by atoms with Crippen molar-refractivity contribution in [1.82, 2.24) is 4.90 Å². The highest BCUT2D eigenvalue weighted by atomic mass is 16.5. The summed E-state index contributed by atoms with van der Waals surface area (Å²) in [6.07, 6.45) is 1.01. The number of carbonyl (C=O) groups excluding carboxylic acids is 1. The summed E-state index contributed by atoms with van der Waals surface area (Å²) in [6, 6.07) is 8.63. The third-order valence-corrected chi connectivity index (χ3v) is 3.53. The molecule has 0 aliphatic rings. The predicted molar refractivity (Wildman–Crippen MR) is 85.2 cm³/mol. The zero-order chi connectivity index (χ0) is 16.8. The first-order valence-corrected chi connectivity index (χ1v) is 7.35. The maximum absolute atomic E-state index is 11.9. The van der Waals surface area contributed by atoms with Gasteiger partial charge in [0.1, 0.15) is 11.3 Å². The average molecular weight is 314 g/mol. The molecule has 0 aliphatic heterocycles. The summed E-state index contributed by atoms with van der Waals surface area (Å²) in [4.78, 5) is 24.8. The monoisotopic (exact) mass is 314 g/mol. The van der Waals surface area contributed by atoms with Gasteiger partial charge in [0.25, 0.3) is 5.91 Å². The van der Waals surface area contributed by atoms with E-state index in [0.717, 1.165) is 17.4 Å². The van der Waals surface area contributed by atoms with Crippen LogP contribution >= 0.6 is 0 Å². The maximum Gasteiger partial charge on any atom is 0.336 e. The number of nitrogens with zero attached hydrogens (tertiary/aromatic N) is 2. The molecule has 0 saturated heterocycles. The van der Waals surface area contributed by atoms with Crippen LogP contribution in [0.1, 0.15) is 18.9 Å². The van der Waals surface area contributed by atoms with Crippen LogP contribution in [0.3, 0.4) is 0 Å². The maximum atomic E-state index is 11.9. The van der Waals surface area contributed by atoms with Crippen molar-refractivity contribution >= 4 is 16.9 Å². The Bertz CT molecular complexity index is 804. The number of carbonyl (C=O) groups is 1. The standard InChI is InChI=1S/C17H18N2O4/c1-3-12-9-17(21)23-15-10-13(5-6-14(12)15)22-11-16(20)19(2)8-4-7-18/h5-6,9-10H,3-4,8,11H2,1-2H3. The van der Waals surface area contributed by atoms with Crippen LogP contribution in [0, 0.1) is 11.3 Å². The molecule has 6 nitrogen and oxygen atoms in total. The quantitative estimate of drug-likeness (QED) is 0.762. The van der Waals surface area contributed by atoms with E-state index in [0.29, 0.717) is 17.9 Å². The Morgan fingerprint density at radius 2 is 2.17 bits per heavy atom. The average Bonchev–Trinajstić information content (AvgIpc) is 2.56. The van der Waals surface area contributed by atoms with Gasteiger partial charge in [-0.3, -0.25) is 4.79 Å². The Labute approximate surface area is 133 Å². The third-order valence-electron chi connectivity index (χ3n) is 3.53. The number of amides is 1. The highest BCUT2D eigenvalue weighted by Crippen LogP contribution is 2.23. The molecule has 0 saturated carbocycles. The molecule has 23 heavy (non-hydrogen) atoms. The first-order valence-electron chi connectivity index (χ1n) is 7.35. The molecule has 2 aromatic rings. The van der Waals surface area contributed by atoms with Gasteiger partial charge in [-0.15, -0.1) is 0 Å². The fourth-order valence-corrected chi connectivity index (χ4v) is 2.19. The van der Waals surface area contributed by atoms with Crippen molar-refractivity contribution in [1.29, 1.82) is 5.26 Å². The van der Waals surface area contributed by atoms with Gasteiger partial charge in [0, 0.05) is 31.1 Å². The van der Waals surface area contributed by atoms with E-state index in [1.165, 1.54) is 11.0 Å². The lowest BCUT2D eigenvalue weighted by atomic mass is 10.1. The van der Waals surface area contributed by atoms with E-state index in [2.05, 4.69) is 0 Å². The molecular formula is C17H18N2O4. The van der Waals surface area contributed by atoms with Crippen LogP contribution in [0.25, 0.3) is 11.0 Å². The van der Waals surface area contributed by atoms with Crippen LogP contribution in [0.4, 0.5) is 0 Å². The van der Waals surface area contributed by atoms with Crippen LogP contribution < -0.4 is 10.4 Å². The fraction of sp³-hybridized carbons (Fsp3) is 0.353. The first-order chi connectivity index (χ1) is 11.0. The molecule has 120 valence electrons. The summed E-state index contributed by atoms with van der Waals surface area (Å²) in [5.41, 5.74) is 0.950. The minimum absolute atomic E-state index is 0.134. The molecule has 0 bridgehead atoms. The zero-order valence-electron chi connectivity index (χ0n) is 13.2. The number of aryl methyl sites for hydroxylation is 1. The second kappa shape index (κ2) is 7.45. The van der Waals surface area contributed by atoms with E-state index in [4.69, 9.17) is 14.4 Å². The Hall–Kier alpha value is -2.81. The Morgan fingerprint density at radius 1 is 1.39 bits per heavy atom. The van der Waals surface area contributed by atoms with Gasteiger partial charge in [-0.2, -0.15) is 5.26 Å². The molecule has 0 N–H and O–H groups in total. The number of benzene rings is 1. The summed E-state index contributed by atoms with van der Waals surface area (Å²) in [5, 5.41) is 9.37. The van der Waals surface area contributed by atoms with Crippen LogP contribution in [-0.2, 0) is 11.2 Å². The second-order valence-electron chi connectivity index (χ2n) is 5.11. The van der Waals surface area contributed by atoms with Crippen molar-refractivity contribution in [2.45, 2.75) is 19.8 Å². The van der Waals surface area contributed by atoms with Crippen molar-refractivity contribution in [3.63, 3.8) is 0 Å². The number of hydrogen-bond donors (Lipinski definition) is 0. The number of ether oxygens (including phenoxy) is 1. The van der Waals surface area contributed by atoms with Crippen LogP contribution in [-0.4, -0.2) is 31.0 Å². The van der Waals surface area contributed by atoms with Gasteiger partial charge in [-0.25, -0.2) is 4.79 Å². The molecule has 0 atom stereocenters. The summed E-state index contributed by atoms with van der Waals surface area (Å²) in [7, 11) is 1.62. The van der Waals surface area contributed by atoms with E-state index < -0.39 is 5.63 Å². The molecule has 0 fully saturated rings. The van der Waals surface area contributed by atoms with Gasteiger partial charge in [0.05, 0.1) is 12.5 Å². The molecule has 0 radical (unpaired) electrons. The number of likely N-dealkylation sites (N-methyl/N-ethyl adjacent to an activating group) is 1. The van der Waals surface area contributed by atoms with Crippen LogP contribution in [0.5, 0.6) is 5.75 Å². The fourth-order valence-electron chi connectivity index (χ4n) is 2.19. The molecule has 1 aromatic carbocycles. The number of fused-ring (bicyclic) bond motifs is 1. The topological polar surface area (TPSA) is 83.5 Å². The number of nitriles is 1. The molecule has 2 rings (SSSR count). The van der Waals surface area contributed by atoms with E-state index in [9.17, 15) is 9.59 Å². The summed E-state index contributed by atoms with van der Waals surface area (Å²) >= 11 is 0. The summed E-state index contributed by atoms with van der Waals surface area (Å²) in [6.45, 7) is 2.20. The Kier molecular flexibility index (Phi) is 5.36. The molecule has 1 aromatic heterocycles. The molecule has 0 aliphatic carbocycles. The molecule has 0 unspecified atom stereocenters. The largest absolute Gasteiger partial charge is 0.484 e. The van der Waals surface area contributed by atoms with Gasteiger partial charge >= 0.3 is 5.63 Å². The van der Waals surface area contributed by atoms with Gasteiger partial charge < -0.3 is 14.1 Å². The van der Waals surface area contributed by atoms with Crippen molar-refractivity contribution in [2.24, 2.45) is 0 Å². The molecule has 0 spiro atoms.